The minimum absolute atomic E-state index is 0.245. The zero-order valence-electron chi connectivity index (χ0n) is 14.2. The summed E-state index contributed by atoms with van der Waals surface area (Å²) in [5.41, 5.74) is 4.89. The van der Waals surface area contributed by atoms with Crippen LogP contribution in [0.25, 0.3) is 0 Å². The molecule has 0 radical (unpaired) electrons. The van der Waals surface area contributed by atoms with Crippen LogP contribution in [0.5, 0.6) is 11.5 Å². The van der Waals surface area contributed by atoms with Gasteiger partial charge in [0.05, 0.1) is 5.48 Å². The van der Waals surface area contributed by atoms with Gasteiger partial charge in [-0.2, -0.15) is 0 Å². The van der Waals surface area contributed by atoms with Crippen molar-refractivity contribution in [2.75, 3.05) is 0 Å². The largest absolute Gasteiger partial charge is 0.504 e. The topological polar surface area (TPSA) is 104 Å². The Morgan fingerprint density at radius 3 is 2.88 bits per heavy atom. The molecule has 0 aliphatic rings. The molecule has 1 rings (SSSR count). The lowest BCUT2D eigenvalue weighted by atomic mass is 10.0. The zero-order chi connectivity index (χ0) is 17.5. The molecule has 1 atom stereocenters. The van der Waals surface area contributed by atoms with Crippen LogP contribution in [0.15, 0.2) is 18.1 Å². The van der Waals surface area contributed by atoms with E-state index in [1.165, 1.54) is 0 Å². The average molecular weight is 231 g/mol. The van der Waals surface area contributed by atoms with Gasteiger partial charge >= 0.3 is 5.97 Å². The fourth-order valence-corrected chi connectivity index (χ4v) is 0.950. The van der Waals surface area contributed by atoms with Crippen molar-refractivity contribution in [2.45, 2.75) is 25.2 Å². The second-order valence-electron chi connectivity index (χ2n) is 2.95. The van der Waals surface area contributed by atoms with Gasteiger partial charge in [-0.05, 0) is 36.9 Å². The molecule has 1 aromatic carbocycles. The Kier molecular flexibility index (Phi) is 2.05. The van der Waals surface area contributed by atoms with Crippen LogP contribution in [0.2, 0.25) is 0 Å². The van der Waals surface area contributed by atoms with E-state index >= 15 is 0 Å². The van der Waals surface area contributed by atoms with Gasteiger partial charge in [0.25, 0.3) is 0 Å². The number of carboxylic acids is 1. The molecular formula is C11H15NO4. The number of benzene rings is 1. The Balaban J connectivity index is 3.16. The van der Waals surface area contributed by atoms with E-state index in [2.05, 4.69) is 0 Å². The predicted octanol–water partition coefficient (Wildman–Crippen LogP) is 0.832. The Bertz CT molecular complexity index is 590. The molecule has 16 heavy (non-hydrogen) atoms. The van der Waals surface area contributed by atoms with Crippen molar-refractivity contribution in [1.29, 1.82) is 0 Å². The van der Waals surface area contributed by atoms with E-state index in [0.29, 0.717) is 0 Å². The summed E-state index contributed by atoms with van der Waals surface area (Å²) < 4.78 is 45.2. The van der Waals surface area contributed by atoms with E-state index in [0.717, 1.165) is 0 Å². The number of carbonyl (C=O) groups is 1. The molecular weight excluding hydrogens is 210 g/mol. The molecule has 0 spiro atoms. The molecule has 0 saturated carbocycles. The molecule has 0 fully saturated rings. The summed E-state index contributed by atoms with van der Waals surface area (Å²) in [6, 6.07) is -4.90. The van der Waals surface area contributed by atoms with Gasteiger partial charge in [-0.3, -0.25) is 4.79 Å². The van der Waals surface area contributed by atoms with Gasteiger partial charge in [0.15, 0.2) is 11.5 Å². The second kappa shape index (κ2) is 5.37. The molecule has 5 heteroatoms. The number of phenols is 2. The van der Waals surface area contributed by atoms with Gasteiger partial charge in [-0.15, -0.1) is 0 Å². The normalized spacial score (nSPS) is 20.6. The first-order chi connectivity index (χ1) is 9.84. The van der Waals surface area contributed by atoms with Crippen LogP contribution in [-0.2, 0) is 11.2 Å². The number of rotatable bonds is 5. The lowest BCUT2D eigenvalue weighted by Gasteiger charge is -2.06. The second-order valence-corrected chi connectivity index (χ2v) is 2.95. The van der Waals surface area contributed by atoms with Crippen molar-refractivity contribution in [3.63, 3.8) is 0 Å². The van der Waals surface area contributed by atoms with Crippen LogP contribution in [0.1, 0.15) is 26.6 Å². The highest BCUT2D eigenvalue weighted by Crippen LogP contribution is 2.25. The SMILES string of the molecule is [2H]c1c([2H])c(CCC([2H])([2H])C([2H])(N)C(=O)O)c([2H])c(O)c1O. The number of aliphatic carboxylic acids is 1. The van der Waals surface area contributed by atoms with Crippen molar-refractivity contribution in [3.8, 4) is 11.5 Å². The number of aromatic hydroxyl groups is 2. The minimum Gasteiger partial charge on any atom is -0.504 e. The van der Waals surface area contributed by atoms with Crippen LogP contribution in [0.4, 0.5) is 0 Å². The van der Waals surface area contributed by atoms with Gasteiger partial charge in [0.2, 0.25) is 0 Å². The third-order valence-corrected chi connectivity index (χ3v) is 1.75. The third kappa shape index (κ3) is 3.43. The fraction of sp³-hybridized carbons (Fsp3) is 0.364. The molecule has 0 heterocycles. The Hall–Kier alpha value is -1.75. The molecule has 5 nitrogen and oxygen atoms in total. The molecule has 0 aliphatic heterocycles. The summed E-state index contributed by atoms with van der Waals surface area (Å²) in [6.45, 7) is 0. The lowest BCUT2D eigenvalue weighted by Crippen LogP contribution is -2.29. The van der Waals surface area contributed by atoms with E-state index in [1.54, 1.807) is 0 Å². The quantitative estimate of drug-likeness (QED) is 0.562. The highest BCUT2D eigenvalue weighted by Gasteiger charge is 2.10. The Morgan fingerprint density at radius 1 is 1.56 bits per heavy atom. The number of phenolic OH excluding ortho intramolecular Hbond substituents is 2. The molecule has 0 aromatic heterocycles. The van der Waals surface area contributed by atoms with E-state index in [4.69, 9.17) is 19.1 Å². The van der Waals surface area contributed by atoms with Crippen molar-refractivity contribution < 1.29 is 28.3 Å². The number of carboxylic acid groups (broad SMARTS) is 1. The number of hydrogen-bond acceptors (Lipinski definition) is 4. The standard InChI is InChI=1S/C11H15NO4/c12-8(11(15)16)3-1-2-7-4-5-9(13)10(14)6-7/h4-6,8,13-14H,1-3,12H2,(H,15,16)/i3D2,4D,5D,6D,8D. The van der Waals surface area contributed by atoms with E-state index < -0.39 is 60.8 Å². The van der Waals surface area contributed by atoms with Crippen molar-refractivity contribution in [2.24, 2.45) is 5.73 Å². The molecule has 5 N–H and O–H groups in total. The van der Waals surface area contributed by atoms with Gasteiger partial charge < -0.3 is 21.1 Å². The summed E-state index contributed by atoms with van der Waals surface area (Å²) >= 11 is 0. The van der Waals surface area contributed by atoms with Crippen molar-refractivity contribution in [1.82, 2.24) is 0 Å². The zero-order valence-corrected chi connectivity index (χ0v) is 8.24. The molecule has 0 amide bonds. The summed E-state index contributed by atoms with van der Waals surface area (Å²) in [6.07, 6.45) is -3.72. The predicted molar refractivity (Wildman–Crippen MR) is 58.3 cm³/mol. The summed E-state index contributed by atoms with van der Waals surface area (Å²) in [5.74, 6) is -3.72. The molecule has 0 bridgehead atoms. The van der Waals surface area contributed by atoms with Crippen LogP contribution < -0.4 is 5.73 Å². The first kappa shape index (κ1) is 6.10. The maximum atomic E-state index is 10.8. The number of hydrogen-bond donors (Lipinski definition) is 4. The molecule has 88 valence electrons. The van der Waals surface area contributed by atoms with E-state index in [9.17, 15) is 15.0 Å². The van der Waals surface area contributed by atoms with Crippen LogP contribution in [0.3, 0.4) is 0 Å². The van der Waals surface area contributed by atoms with Crippen LogP contribution in [0, 0.1) is 0 Å². The maximum absolute atomic E-state index is 10.8. The van der Waals surface area contributed by atoms with Crippen molar-refractivity contribution in [3.05, 3.63) is 23.7 Å². The molecule has 0 aliphatic carbocycles. The van der Waals surface area contributed by atoms with E-state index in [-0.39, 0.29) is 5.56 Å². The Morgan fingerprint density at radius 2 is 2.25 bits per heavy atom. The first-order valence-electron chi connectivity index (χ1n) is 7.37. The third-order valence-electron chi connectivity index (χ3n) is 1.75. The number of nitrogens with two attached hydrogens (primary N) is 1. The molecule has 1 unspecified atom stereocenters. The van der Waals surface area contributed by atoms with Gasteiger partial charge in [0, 0.05) is 2.74 Å². The highest BCUT2D eigenvalue weighted by atomic mass is 16.4. The minimum atomic E-state index is -2.93. The average Bonchev–Trinajstić information content (AvgIpc) is 2.42. The maximum Gasteiger partial charge on any atom is 0.320 e. The van der Waals surface area contributed by atoms with Gasteiger partial charge in [-0.25, -0.2) is 0 Å². The summed E-state index contributed by atoms with van der Waals surface area (Å²) in [7, 11) is 0. The fourth-order valence-electron chi connectivity index (χ4n) is 0.950. The van der Waals surface area contributed by atoms with Crippen LogP contribution in [-0.4, -0.2) is 27.3 Å². The summed E-state index contributed by atoms with van der Waals surface area (Å²) in [5, 5.41) is 27.6. The monoisotopic (exact) mass is 231 g/mol. The summed E-state index contributed by atoms with van der Waals surface area (Å²) in [4.78, 5) is 10.8. The van der Waals surface area contributed by atoms with Crippen molar-refractivity contribution >= 4 is 5.97 Å². The smallest absolute Gasteiger partial charge is 0.320 e. The van der Waals surface area contributed by atoms with E-state index in [1.807, 2.05) is 0 Å². The first-order valence-corrected chi connectivity index (χ1v) is 4.37. The molecule has 0 saturated heterocycles. The lowest BCUT2D eigenvalue weighted by molar-refractivity contribution is -0.138. The highest BCUT2D eigenvalue weighted by molar-refractivity contribution is 5.72. The van der Waals surface area contributed by atoms with Gasteiger partial charge in [0.1, 0.15) is 6.02 Å². The van der Waals surface area contributed by atoms with Gasteiger partial charge in [-0.1, -0.05) is 6.04 Å². The molecule has 1 aromatic rings. The van der Waals surface area contributed by atoms with Crippen LogP contribution >= 0.6 is 0 Å². The Labute approximate surface area is 102 Å².